The van der Waals surface area contributed by atoms with Crippen LogP contribution in [0, 0.1) is 0 Å². The second kappa shape index (κ2) is 9.36. The van der Waals surface area contributed by atoms with Crippen molar-refractivity contribution in [3.8, 4) is 0 Å². The minimum atomic E-state index is 0.710. The lowest BCUT2D eigenvalue weighted by Crippen LogP contribution is -2.12. The van der Waals surface area contributed by atoms with E-state index >= 15 is 0 Å². The van der Waals surface area contributed by atoms with Gasteiger partial charge in [0.05, 0.1) is 16.7 Å². The summed E-state index contributed by atoms with van der Waals surface area (Å²) in [5.74, 6) is 6.30. The molecule has 2 aromatic rings. The average Bonchev–Trinajstić information content (AvgIpc) is 2.56. The Balaban J connectivity index is 1.81. The van der Waals surface area contributed by atoms with Crippen LogP contribution >= 0.6 is 0 Å². The van der Waals surface area contributed by atoms with Gasteiger partial charge in [-0.1, -0.05) is 64.0 Å². The SMILES string of the molecule is CCCCCCCCCCc1nc2ccccc2nc1NN. The summed E-state index contributed by atoms with van der Waals surface area (Å²) in [6.07, 6.45) is 11.5. The topological polar surface area (TPSA) is 63.8 Å². The molecule has 0 aliphatic rings. The number of anilines is 1. The van der Waals surface area contributed by atoms with Crippen LogP contribution in [0.15, 0.2) is 24.3 Å². The average molecular weight is 300 g/mol. The number of para-hydroxylation sites is 2. The van der Waals surface area contributed by atoms with Gasteiger partial charge in [0.15, 0.2) is 5.82 Å². The zero-order valence-corrected chi connectivity index (χ0v) is 13.6. The van der Waals surface area contributed by atoms with Crippen molar-refractivity contribution in [3.63, 3.8) is 0 Å². The standard InChI is InChI=1S/C18H28N4/c1-2-3-4-5-6-7-8-9-14-17-18(22-19)21-16-13-11-10-12-15(16)20-17/h10-13H,2-9,14,19H2,1H3,(H,21,22). The maximum absolute atomic E-state index is 5.59. The van der Waals surface area contributed by atoms with Crippen LogP contribution in [0.1, 0.15) is 64.0 Å². The second-order valence-electron chi connectivity index (χ2n) is 5.88. The fourth-order valence-electron chi connectivity index (χ4n) is 2.75. The smallest absolute Gasteiger partial charge is 0.162 e. The van der Waals surface area contributed by atoms with Crippen molar-refractivity contribution in [1.29, 1.82) is 0 Å². The predicted octanol–water partition coefficient (Wildman–Crippen LogP) is 4.60. The lowest BCUT2D eigenvalue weighted by Gasteiger charge is -2.09. The Bertz CT molecular complexity index is 568. The number of nitrogens with two attached hydrogens (primary N) is 1. The van der Waals surface area contributed by atoms with E-state index in [1.54, 1.807) is 0 Å². The Labute approximate surface area is 133 Å². The Morgan fingerprint density at radius 1 is 0.864 bits per heavy atom. The largest absolute Gasteiger partial charge is 0.307 e. The summed E-state index contributed by atoms with van der Waals surface area (Å²) < 4.78 is 0. The Morgan fingerprint density at radius 2 is 1.45 bits per heavy atom. The Kier molecular flexibility index (Phi) is 7.10. The van der Waals surface area contributed by atoms with Gasteiger partial charge in [-0.3, -0.25) is 0 Å². The van der Waals surface area contributed by atoms with Crippen LogP contribution in [0.3, 0.4) is 0 Å². The molecular weight excluding hydrogens is 272 g/mol. The first kappa shape index (κ1) is 16.7. The van der Waals surface area contributed by atoms with Crippen LogP contribution < -0.4 is 11.3 Å². The quantitative estimate of drug-likeness (QED) is 0.382. The van der Waals surface area contributed by atoms with Crippen molar-refractivity contribution in [3.05, 3.63) is 30.0 Å². The maximum Gasteiger partial charge on any atom is 0.162 e. The van der Waals surface area contributed by atoms with Crippen LogP contribution in [0.2, 0.25) is 0 Å². The predicted molar refractivity (Wildman–Crippen MR) is 93.7 cm³/mol. The molecule has 0 spiro atoms. The zero-order valence-electron chi connectivity index (χ0n) is 13.6. The van der Waals surface area contributed by atoms with Gasteiger partial charge in [-0.2, -0.15) is 0 Å². The van der Waals surface area contributed by atoms with Gasteiger partial charge in [-0.05, 0) is 25.0 Å². The van der Waals surface area contributed by atoms with E-state index in [1.807, 2.05) is 24.3 Å². The van der Waals surface area contributed by atoms with Gasteiger partial charge in [0.25, 0.3) is 0 Å². The molecule has 0 aliphatic heterocycles. The summed E-state index contributed by atoms with van der Waals surface area (Å²) in [5.41, 5.74) is 5.49. The number of nitrogens with zero attached hydrogens (tertiary/aromatic N) is 2. The normalized spacial score (nSPS) is 11.0. The summed E-state index contributed by atoms with van der Waals surface area (Å²) in [4.78, 5) is 9.24. The Morgan fingerprint density at radius 3 is 2.09 bits per heavy atom. The number of benzene rings is 1. The van der Waals surface area contributed by atoms with Gasteiger partial charge in [-0.25, -0.2) is 15.8 Å². The number of hydrazine groups is 1. The lowest BCUT2D eigenvalue weighted by molar-refractivity contribution is 0.574. The van der Waals surface area contributed by atoms with Crippen LogP contribution in [0.25, 0.3) is 11.0 Å². The molecule has 0 radical (unpaired) electrons. The van der Waals surface area contributed by atoms with E-state index in [9.17, 15) is 0 Å². The third kappa shape index (κ3) is 4.95. The van der Waals surface area contributed by atoms with Gasteiger partial charge in [0, 0.05) is 0 Å². The molecule has 0 unspecified atom stereocenters. The molecule has 0 bridgehead atoms. The van der Waals surface area contributed by atoms with Crippen molar-refractivity contribution in [1.82, 2.24) is 9.97 Å². The zero-order chi connectivity index (χ0) is 15.6. The van der Waals surface area contributed by atoms with Gasteiger partial charge in [0.2, 0.25) is 0 Å². The number of unbranched alkanes of at least 4 members (excludes halogenated alkanes) is 7. The number of nitrogen functional groups attached to an aromatic ring is 1. The minimum absolute atomic E-state index is 0.710. The fourth-order valence-corrected chi connectivity index (χ4v) is 2.75. The molecule has 0 saturated carbocycles. The summed E-state index contributed by atoms with van der Waals surface area (Å²) in [5, 5.41) is 0. The van der Waals surface area contributed by atoms with E-state index < -0.39 is 0 Å². The number of nitrogens with one attached hydrogen (secondary N) is 1. The molecule has 4 nitrogen and oxygen atoms in total. The third-order valence-corrected chi connectivity index (χ3v) is 4.05. The van der Waals surface area contributed by atoms with Crippen LogP contribution in [0.4, 0.5) is 5.82 Å². The fraction of sp³-hybridized carbons (Fsp3) is 0.556. The van der Waals surface area contributed by atoms with Gasteiger partial charge < -0.3 is 5.43 Å². The van der Waals surface area contributed by atoms with Crippen molar-refractivity contribution in [2.24, 2.45) is 5.84 Å². The van der Waals surface area contributed by atoms with E-state index in [-0.39, 0.29) is 0 Å². The molecule has 0 aliphatic carbocycles. The lowest BCUT2D eigenvalue weighted by atomic mass is 10.1. The molecule has 4 heteroatoms. The highest BCUT2D eigenvalue weighted by molar-refractivity contribution is 5.76. The number of hydrogen-bond donors (Lipinski definition) is 2. The van der Waals surface area contributed by atoms with Gasteiger partial charge in [-0.15, -0.1) is 0 Å². The molecule has 0 saturated heterocycles. The summed E-state index contributed by atoms with van der Waals surface area (Å²) in [6, 6.07) is 7.92. The van der Waals surface area contributed by atoms with Crippen molar-refractivity contribution in [2.75, 3.05) is 5.43 Å². The molecule has 0 amide bonds. The highest BCUT2D eigenvalue weighted by Gasteiger charge is 2.07. The van der Waals surface area contributed by atoms with Gasteiger partial charge in [0.1, 0.15) is 0 Å². The molecule has 2 rings (SSSR count). The number of fused-ring (bicyclic) bond motifs is 1. The molecule has 22 heavy (non-hydrogen) atoms. The number of hydrogen-bond acceptors (Lipinski definition) is 4. The summed E-state index contributed by atoms with van der Waals surface area (Å²) in [7, 11) is 0. The van der Waals surface area contributed by atoms with E-state index in [4.69, 9.17) is 10.8 Å². The molecule has 1 aromatic carbocycles. The summed E-state index contributed by atoms with van der Waals surface area (Å²) >= 11 is 0. The first-order chi connectivity index (χ1) is 10.8. The molecule has 120 valence electrons. The van der Waals surface area contributed by atoms with Crippen LogP contribution in [-0.4, -0.2) is 9.97 Å². The molecule has 0 fully saturated rings. The summed E-state index contributed by atoms with van der Waals surface area (Å²) in [6.45, 7) is 2.26. The molecule has 1 heterocycles. The van der Waals surface area contributed by atoms with Crippen LogP contribution in [0.5, 0.6) is 0 Å². The minimum Gasteiger partial charge on any atom is -0.307 e. The van der Waals surface area contributed by atoms with E-state index in [0.717, 1.165) is 29.6 Å². The first-order valence-electron chi connectivity index (χ1n) is 8.57. The molecule has 3 N–H and O–H groups in total. The van der Waals surface area contributed by atoms with Crippen molar-refractivity contribution < 1.29 is 0 Å². The van der Waals surface area contributed by atoms with Crippen LogP contribution in [-0.2, 0) is 6.42 Å². The molecule has 1 aromatic heterocycles. The molecular formula is C18H28N4. The van der Waals surface area contributed by atoms with Crippen molar-refractivity contribution >= 4 is 16.9 Å². The van der Waals surface area contributed by atoms with Gasteiger partial charge >= 0.3 is 0 Å². The monoisotopic (exact) mass is 300 g/mol. The van der Waals surface area contributed by atoms with E-state index in [1.165, 1.54) is 44.9 Å². The van der Waals surface area contributed by atoms with Crippen molar-refractivity contribution in [2.45, 2.75) is 64.7 Å². The maximum atomic E-state index is 5.59. The molecule has 0 atom stereocenters. The highest BCUT2D eigenvalue weighted by Crippen LogP contribution is 2.18. The van der Waals surface area contributed by atoms with E-state index in [2.05, 4.69) is 17.3 Å². The third-order valence-electron chi connectivity index (χ3n) is 4.05. The number of rotatable bonds is 10. The number of aryl methyl sites for hydroxylation is 1. The van der Waals surface area contributed by atoms with E-state index in [0.29, 0.717) is 5.82 Å². The first-order valence-corrected chi connectivity index (χ1v) is 8.57. The highest BCUT2D eigenvalue weighted by atomic mass is 15.3. The number of aromatic nitrogens is 2. The second-order valence-corrected chi connectivity index (χ2v) is 5.88. The Hall–Kier alpha value is -1.68.